The lowest BCUT2D eigenvalue weighted by Crippen LogP contribution is -2.48. The Labute approximate surface area is 148 Å². The number of carbonyl (C=O) groups excluding carboxylic acids is 1. The Kier molecular flexibility index (Phi) is 5.48. The normalized spacial score (nSPS) is 15.8. The van der Waals surface area contributed by atoms with Crippen LogP contribution in [0.5, 0.6) is 5.88 Å². The Balaban J connectivity index is 1.62. The van der Waals surface area contributed by atoms with Gasteiger partial charge in [0.15, 0.2) is 0 Å². The number of amides is 1. The van der Waals surface area contributed by atoms with Crippen LogP contribution in [0.1, 0.15) is 30.6 Å². The van der Waals surface area contributed by atoms with Crippen molar-refractivity contribution < 1.29 is 9.53 Å². The van der Waals surface area contributed by atoms with Gasteiger partial charge in [-0.05, 0) is 31.5 Å². The van der Waals surface area contributed by atoms with E-state index in [1.165, 1.54) is 0 Å². The molecule has 0 N–H and O–H groups in total. The van der Waals surface area contributed by atoms with Crippen LogP contribution in [0.4, 0.5) is 5.69 Å². The van der Waals surface area contributed by atoms with E-state index in [1.54, 1.807) is 30.7 Å². The zero-order valence-corrected chi connectivity index (χ0v) is 14.8. The molecule has 6 nitrogen and oxygen atoms in total. The molecular weight excluding hydrogens is 316 g/mol. The van der Waals surface area contributed by atoms with E-state index in [0.717, 1.165) is 25.2 Å². The number of hydrogen-bond donors (Lipinski definition) is 0. The number of ether oxygens (including phenoxy) is 1. The summed E-state index contributed by atoms with van der Waals surface area (Å²) in [6, 6.07) is 7.49. The Morgan fingerprint density at radius 3 is 2.56 bits per heavy atom. The summed E-state index contributed by atoms with van der Waals surface area (Å²) in [5, 5.41) is 0. The van der Waals surface area contributed by atoms with Crippen molar-refractivity contribution >= 4 is 11.6 Å². The van der Waals surface area contributed by atoms with Crippen LogP contribution in [0, 0.1) is 0 Å². The number of nitrogens with zero attached hydrogens (tertiary/aromatic N) is 4. The highest BCUT2D eigenvalue weighted by Crippen LogP contribution is 2.18. The number of piperazine rings is 1. The van der Waals surface area contributed by atoms with E-state index in [0.29, 0.717) is 24.5 Å². The Hall–Kier alpha value is -2.63. The fourth-order valence-corrected chi connectivity index (χ4v) is 2.80. The lowest BCUT2D eigenvalue weighted by molar-refractivity contribution is 0.0745. The highest BCUT2D eigenvalue weighted by molar-refractivity contribution is 5.94. The first kappa shape index (κ1) is 17.2. The Morgan fingerprint density at radius 2 is 1.88 bits per heavy atom. The summed E-state index contributed by atoms with van der Waals surface area (Å²) in [5.74, 6) is 0.543. The molecule has 0 spiro atoms. The van der Waals surface area contributed by atoms with Gasteiger partial charge in [-0.1, -0.05) is 6.92 Å². The molecule has 0 saturated carbocycles. The highest BCUT2D eigenvalue weighted by Gasteiger charge is 2.22. The summed E-state index contributed by atoms with van der Waals surface area (Å²) >= 11 is 0. The summed E-state index contributed by atoms with van der Waals surface area (Å²) in [4.78, 5) is 25.2. The molecule has 1 atom stereocenters. The van der Waals surface area contributed by atoms with Gasteiger partial charge >= 0.3 is 0 Å². The minimum atomic E-state index is 0.0331. The van der Waals surface area contributed by atoms with Crippen LogP contribution in [-0.4, -0.2) is 53.1 Å². The van der Waals surface area contributed by atoms with Crippen LogP contribution < -0.4 is 9.64 Å². The quantitative estimate of drug-likeness (QED) is 0.837. The molecule has 0 aliphatic carbocycles. The van der Waals surface area contributed by atoms with Gasteiger partial charge in [0.1, 0.15) is 0 Å². The average molecular weight is 340 g/mol. The standard InChI is InChI=1S/C19H24N4O2/c1-3-15(2)25-18-14-16(4-9-21-18)19(24)23-12-10-22(11-13-23)17-5-7-20-8-6-17/h4-9,14-15H,3,10-13H2,1-2H3/t15-/m0/s1. The van der Waals surface area contributed by atoms with Crippen LogP contribution in [0.15, 0.2) is 42.9 Å². The van der Waals surface area contributed by atoms with Crippen LogP contribution in [-0.2, 0) is 0 Å². The molecule has 2 aromatic heterocycles. The van der Waals surface area contributed by atoms with Gasteiger partial charge in [-0.25, -0.2) is 4.98 Å². The third kappa shape index (κ3) is 4.26. The second kappa shape index (κ2) is 7.96. The molecule has 1 aliphatic rings. The maximum absolute atomic E-state index is 12.8. The van der Waals surface area contributed by atoms with Crippen molar-refractivity contribution in [2.45, 2.75) is 26.4 Å². The smallest absolute Gasteiger partial charge is 0.254 e. The van der Waals surface area contributed by atoms with E-state index in [-0.39, 0.29) is 12.0 Å². The molecule has 1 saturated heterocycles. The number of carbonyl (C=O) groups is 1. The van der Waals surface area contributed by atoms with E-state index in [2.05, 4.69) is 21.8 Å². The first-order chi connectivity index (χ1) is 12.2. The van der Waals surface area contributed by atoms with Gasteiger partial charge in [-0.2, -0.15) is 0 Å². The molecule has 1 fully saturated rings. The maximum atomic E-state index is 12.8. The van der Waals surface area contributed by atoms with Gasteiger partial charge in [0, 0.05) is 62.1 Å². The van der Waals surface area contributed by atoms with Crippen molar-refractivity contribution in [1.29, 1.82) is 0 Å². The van der Waals surface area contributed by atoms with Crippen LogP contribution in [0.25, 0.3) is 0 Å². The number of hydrogen-bond acceptors (Lipinski definition) is 5. The SMILES string of the molecule is CC[C@H](C)Oc1cc(C(=O)N2CCN(c3ccncc3)CC2)ccn1. The summed E-state index contributed by atoms with van der Waals surface area (Å²) in [6.07, 6.45) is 6.21. The molecule has 3 rings (SSSR count). The fourth-order valence-electron chi connectivity index (χ4n) is 2.80. The van der Waals surface area contributed by atoms with E-state index in [4.69, 9.17) is 4.74 Å². The average Bonchev–Trinajstić information content (AvgIpc) is 2.68. The molecule has 25 heavy (non-hydrogen) atoms. The van der Waals surface area contributed by atoms with E-state index in [1.807, 2.05) is 24.0 Å². The van der Waals surface area contributed by atoms with Crippen molar-refractivity contribution in [2.75, 3.05) is 31.1 Å². The summed E-state index contributed by atoms with van der Waals surface area (Å²) < 4.78 is 5.72. The predicted octanol–water partition coefficient (Wildman–Crippen LogP) is 2.62. The minimum Gasteiger partial charge on any atom is -0.475 e. The second-order valence-corrected chi connectivity index (χ2v) is 6.20. The zero-order chi connectivity index (χ0) is 17.6. The monoisotopic (exact) mass is 340 g/mol. The lowest BCUT2D eigenvalue weighted by atomic mass is 10.2. The molecule has 2 aromatic rings. The van der Waals surface area contributed by atoms with E-state index >= 15 is 0 Å². The number of anilines is 1. The molecule has 0 aromatic carbocycles. The van der Waals surface area contributed by atoms with Crippen molar-refractivity contribution in [2.24, 2.45) is 0 Å². The molecule has 132 valence electrons. The molecule has 6 heteroatoms. The molecule has 1 amide bonds. The predicted molar refractivity (Wildman–Crippen MR) is 97.0 cm³/mol. The molecule has 1 aliphatic heterocycles. The molecule has 3 heterocycles. The Morgan fingerprint density at radius 1 is 1.16 bits per heavy atom. The van der Waals surface area contributed by atoms with Crippen LogP contribution in [0.3, 0.4) is 0 Å². The molecule has 0 radical (unpaired) electrons. The maximum Gasteiger partial charge on any atom is 0.254 e. The van der Waals surface area contributed by atoms with Gasteiger partial charge in [-0.15, -0.1) is 0 Å². The van der Waals surface area contributed by atoms with Crippen LogP contribution >= 0.6 is 0 Å². The lowest BCUT2D eigenvalue weighted by Gasteiger charge is -2.36. The van der Waals surface area contributed by atoms with Gasteiger partial charge in [-0.3, -0.25) is 9.78 Å². The summed E-state index contributed by atoms with van der Waals surface area (Å²) in [6.45, 7) is 7.08. The van der Waals surface area contributed by atoms with Crippen molar-refractivity contribution in [1.82, 2.24) is 14.9 Å². The largest absolute Gasteiger partial charge is 0.475 e. The van der Waals surface area contributed by atoms with E-state index < -0.39 is 0 Å². The summed E-state index contributed by atoms with van der Waals surface area (Å²) in [5.41, 5.74) is 1.78. The first-order valence-electron chi connectivity index (χ1n) is 8.74. The van der Waals surface area contributed by atoms with Gasteiger partial charge in [0.25, 0.3) is 5.91 Å². The van der Waals surface area contributed by atoms with E-state index in [9.17, 15) is 4.79 Å². The number of rotatable bonds is 5. The van der Waals surface area contributed by atoms with Crippen LogP contribution in [0.2, 0.25) is 0 Å². The third-order valence-corrected chi connectivity index (χ3v) is 4.47. The topological polar surface area (TPSA) is 58.6 Å². The fraction of sp³-hybridized carbons (Fsp3) is 0.421. The van der Waals surface area contributed by atoms with Gasteiger partial charge in [0.05, 0.1) is 6.10 Å². The first-order valence-corrected chi connectivity index (χ1v) is 8.74. The highest BCUT2D eigenvalue weighted by atomic mass is 16.5. The third-order valence-electron chi connectivity index (χ3n) is 4.47. The zero-order valence-electron chi connectivity index (χ0n) is 14.8. The van der Waals surface area contributed by atoms with Crippen molar-refractivity contribution in [3.63, 3.8) is 0 Å². The summed E-state index contributed by atoms with van der Waals surface area (Å²) in [7, 11) is 0. The van der Waals surface area contributed by atoms with Crippen molar-refractivity contribution in [3.8, 4) is 5.88 Å². The Bertz CT molecular complexity index is 700. The second-order valence-electron chi connectivity index (χ2n) is 6.20. The van der Waals surface area contributed by atoms with Crippen molar-refractivity contribution in [3.05, 3.63) is 48.4 Å². The van der Waals surface area contributed by atoms with Gasteiger partial charge < -0.3 is 14.5 Å². The number of pyridine rings is 2. The molecular formula is C19H24N4O2. The molecule has 0 bridgehead atoms. The minimum absolute atomic E-state index is 0.0331. The van der Waals surface area contributed by atoms with Gasteiger partial charge in [0.2, 0.25) is 5.88 Å². The molecule has 0 unspecified atom stereocenters. The number of aromatic nitrogens is 2.